The monoisotopic (exact) mass is 263 g/mol. The van der Waals surface area contributed by atoms with E-state index < -0.39 is 0 Å². The van der Waals surface area contributed by atoms with Crippen molar-refractivity contribution in [2.24, 2.45) is 5.92 Å². The van der Waals surface area contributed by atoms with Gasteiger partial charge in [-0.2, -0.15) is 4.80 Å². The van der Waals surface area contributed by atoms with Crippen LogP contribution in [0, 0.1) is 5.92 Å². The van der Waals surface area contributed by atoms with Crippen LogP contribution in [-0.2, 0) is 6.54 Å². The number of tetrazole rings is 1. The highest BCUT2D eigenvalue weighted by Crippen LogP contribution is 2.17. The molecule has 1 N–H and O–H groups in total. The van der Waals surface area contributed by atoms with Crippen molar-refractivity contribution < 1.29 is 0 Å². The lowest BCUT2D eigenvalue weighted by Gasteiger charge is -2.04. The molecule has 94 valence electrons. The van der Waals surface area contributed by atoms with Crippen LogP contribution in [0.1, 0.15) is 6.42 Å². The predicted octanol–water partition coefficient (Wildman–Crippen LogP) is 1.60. The number of hydrogen-bond acceptors (Lipinski definition) is 4. The second-order valence-corrected chi connectivity index (χ2v) is 4.97. The molecule has 0 radical (unpaired) electrons. The second kappa shape index (κ2) is 5.04. The molecule has 0 amide bonds. The third-order valence-electron chi connectivity index (χ3n) is 3.14. The molecule has 1 aliphatic rings. The second-order valence-electron chi connectivity index (χ2n) is 4.53. The van der Waals surface area contributed by atoms with Crippen LogP contribution in [0.2, 0.25) is 5.02 Å². The zero-order chi connectivity index (χ0) is 12.4. The van der Waals surface area contributed by atoms with E-state index in [-0.39, 0.29) is 0 Å². The summed E-state index contributed by atoms with van der Waals surface area (Å²) >= 11 is 5.85. The number of hydrogen-bond donors (Lipinski definition) is 1. The fourth-order valence-corrected chi connectivity index (χ4v) is 2.26. The summed E-state index contributed by atoms with van der Waals surface area (Å²) < 4.78 is 0. The lowest BCUT2D eigenvalue weighted by molar-refractivity contribution is 0.405. The van der Waals surface area contributed by atoms with Crippen LogP contribution >= 0.6 is 11.6 Å². The molecule has 1 saturated heterocycles. The SMILES string of the molecule is Clc1ccc(-c2nnn(CC3CCNC3)n2)cc1. The molecule has 1 aromatic carbocycles. The van der Waals surface area contributed by atoms with Crippen molar-refractivity contribution in [2.75, 3.05) is 13.1 Å². The van der Waals surface area contributed by atoms with Gasteiger partial charge in [-0.25, -0.2) is 0 Å². The molecule has 1 unspecified atom stereocenters. The van der Waals surface area contributed by atoms with Crippen LogP contribution < -0.4 is 5.32 Å². The lowest BCUT2D eigenvalue weighted by Crippen LogP contribution is -2.16. The Morgan fingerprint density at radius 2 is 2.17 bits per heavy atom. The quantitative estimate of drug-likeness (QED) is 0.914. The van der Waals surface area contributed by atoms with Gasteiger partial charge in [-0.05, 0) is 54.9 Å². The molecule has 5 nitrogen and oxygen atoms in total. The Hall–Kier alpha value is -1.46. The van der Waals surface area contributed by atoms with E-state index in [0.717, 1.165) is 25.2 Å². The molecule has 0 bridgehead atoms. The predicted molar refractivity (Wildman–Crippen MR) is 69.2 cm³/mol. The number of nitrogens with zero attached hydrogens (tertiary/aromatic N) is 4. The van der Waals surface area contributed by atoms with Gasteiger partial charge in [0.15, 0.2) is 0 Å². The van der Waals surface area contributed by atoms with E-state index >= 15 is 0 Å². The lowest BCUT2D eigenvalue weighted by atomic mass is 10.1. The van der Waals surface area contributed by atoms with Crippen LogP contribution in [0.25, 0.3) is 11.4 Å². The van der Waals surface area contributed by atoms with Gasteiger partial charge in [-0.3, -0.25) is 0 Å². The summed E-state index contributed by atoms with van der Waals surface area (Å²) in [5.74, 6) is 1.26. The molecular weight excluding hydrogens is 250 g/mol. The Kier molecular flexibility index (Phi) is 3.25. The largest absolute Gasteiger partial charge is 0.316 e. The van der Waals surface area contributed by atoms with Gasteiger partial charge in [-0.15, -0.1) is 10.2 Å². The molecule has 2 heterocycles. The molecule has 1 aromatic heterocycles. The Balaban J connectivity index is 1.74. The molecule has 18 heavy (non-hydrogen) atoms. The van der Waals surface area contributed by atoms with E-state index in [2.05, 4.69) is 20.7 Å². The average Bonchev–Trinajstić information content (AvgIpc) is 3.02. The standard InChI is InChI=1S/C12H14ClN5/c13-11-3-1-10(2-4-11)12-15-17-18(16-12)8-9-5-6-14-7-9/h1-4,9,14H,5-8H2. The van der Waals surface area contributed by atoms with Gasteiger partial charge >= 0.3 is 0 Å². The summed E-state index contributed by atoms with van der Waals surface area (Å²) in [4.78, 5) is 1.68. The van der Waals surface area contributed by atoms with Crippen LogP contribution in [-0.4, -0.2) is 33.3 Å². The van der Waals surface area contributed by atoms with Gasteiger partial charge in [0.1, 0.15) is 0 Å². The smallest absolute Gasteiger partial charge is 0.204 e. The van der Waals surface area contributed by atoms with E-state index in [1.54, 1.807) is 4.80 Å². The van der Waals surface area contributed by atoms with E-state index in [0.29, 0.717) is 16.8 Å². The van der Waals surface area contributed by atoms with Gasteiger partial charge in [0.05, 0.1) is 6.54 Å². The summed E-state index contributed by atoms with van der Waals surface area (Å²) in [6.45, 7) is 2.95. The molecule has 0 saturated carbocycles. The van der Waals surface area contributed by atoms with Crippen molar-refractivity contribution in [1.82, 2.24) is 25.5 Å². The van der Waals surface area contributed by atoms with Crippen molar-refractivity contribution in [3.05, 3.63) is 29.3 Å². The minimum absolute atomic E-state index is 0.609. The van der Waals surface area contributed by atoms with Crippen LogP contribution in [0.5, 0.6) is 0 Å². The average molecular weight is 264 g/mol. The summed E-state index contributed by atoms with van der Waals surface area (Å²) in [6.07, 6.45) is 1.18. The molecule has 0 spiro atoms. The molecular formula is C12H14ClN5. The minimum Gasteiger partial charge on any atom is -0.316 e. The van der Waals surface area contributed by atoms with Crippen molar-refractivity contribution in [1.29, 1.82) is 0 Å². The first-order chi connectivity index (χ1) is 8.81. The first kappa shape index (κ1) is 11.6. The first-order valence-corrected chi connectivity index (χ1v) is 6.43. The molecule has 1 fully saturated rings. The maximum absolute atomic E-state index is 5.85. The van der Waals surface area contributed by atoms with Gasteiger partial charge in [-0.1, -0.05) is 11.6 Å². The maximum Gasteiger partial charge on any atom is 0.204 e. The van der Waals surface area contributed by atoms with Crippen molar-refractivity contribution in [2.45, 2.75) is 13.0 Å². The maximum atomic E-state index is 5.85. The van der Waals surface area contributed by atoms with Crippen molar-refractivity contribution in [3.63, 3.8) is 0 Å². The molecule has 3 rings (SSSR count). The van der Waals surface area contributed by atoms with Crippen molar-refractivity contribution >= 4 is 11.6 Å². The first-order valence-electron chi connectivity index (χ1n) is 6.06. The highest BCUT2D eigenvalue weighted by atomic mass is 35.5. The van der Waals surface area contributed by atoms with Gasteiger partial charge < -0.3 is 5.32 Å². The number of halogens is 1. The van der Waals surface area contributed by atoms with Crippen LogP contribution in [0.15, 0.2) is 24.3 Å². The van der Waals surface area contributed by atoms with Crippen LogP contribution in [0.4, 0.5) is 0 Å². The Bertz CT molecular complexity index is 516. The minimum atomic E-state index is 0.609. The highest BCUT2D eigenvalue weighted by Gasteiger charge is 2.16. The number of rotatable bonds is 3. The van der Waals surface area contributed by atoms with E-state index in [4.69, 9.17) is 11.6 Å². The van der Waals surface area contributed by atoms with Gasteiger partial charge in [0, 0.05) is 10.6 Å². The Labute approximate surface area is 110 Å². The molecule has 6 heteroatoms. The van der Waals surface area contributed by atoms with E-state index in [9.17, 15) is 0 Å². The molecule has 0 aliphatic carbocycles. The van der Waals surface area contributed by atoms with Gasteiger partial charge in [0.25, 0.3) is 0 Å². The highest BCUT2D eigenvalue weighted by molar-refractivity contribution is 6.30. The fourth-order valence-electron chi connectivity index (χ4n) is 2.14. The third-order valence-corrected chi connectivity index (χ3v) is 3.39. The number of nitrogens with one attached hydrogen (secondary N) is 1. The summed E-state index contributed by atoms with van der Waals surface area (Å²) in [5, 5.41) is 16.6. The van der Waals surface area contributed by atoms with E-state index in [1.807, 2.05) is 24.3 Å². The van der Waals surface area contributed by atoms with E-state index in [1.165, 1.54) is 6.42 Å². The normalized spacial score (nSPS) is 19.3. The Morgan fingerprint density at radius 1 is 1.33 bits per heavy atom. The zero-order valence-corrected chi connectivity index (χ0v) is 10.6. The number of benzene rings is 1. The summed E-state index contributed by atoms with van der Waals surface area (Å²) in [7, 11) is 0. The summed E-state index contributed by atoms with van der Waals surface area (Å²) in [5.41, 5.74) is 0.940. The number of aromatic nitrogens is 4. The fraction of sp³-hybridized carbons (Fsp3) is 0.417. The van der Waals surface area contributed by atoms with Crippen LogP contribution in [0.3, 0.4) is 0 Å². The Morgan fingerprint density at radius 3 is 2.89 bits per heavy atom. The van der Waals surface area contributed by atoms with Crippen molar-refractivity contribution in [3.8, 4) is 11.4 Å². The van der Waals surface area contributed by atoms with Gasteiger partial charge in [0.2, 0.25) is 5.82 Å². The topological polar surface area (TPSA) is 55.6 Å². The third kappa shape index (κ3) is 2.52. The zero-order valence-electron chi connectivity index (χ0n) is 9.88. The molecule has 1 atom stereocenters. The molecule has 1 aliphatic heterocycles. The summed E-state index contributed by atoms with van der Waals surface area (Å²) in [6, 6.07) is 7.47. The molecule has 2 aromatic rings.